The number of carboxylic acid groups (broad SMARTS) is 1. The molecular formula is C35H56O8. The first kappa shape index (κ1) is 31.9. The van der Waals surface area contributed by atoms with Gasteiger partial charge in [-0.05, 0) is 104 Å². The maximum Gasteiger partial charge on any atom is 0.310 e. The first-order chi connectivity index (χ1) is 20.1. The van der Waals surface area contributed by atoms with Crippen molar-refractivity contribution < 1.29 is 39.8 Å². The summed E-state index contributed by atoms with van der Waals surface area (Å²) < 4.78 is 12.0. The maximum absolute atomic E-state index is 13.0. The molecule has 5 fully saturated rings. The molecule has 5 N–H and O–H groups in total. The molecule has 0 radical (unpaired) electrons. The van der Waals surface area contributed by atoms with Gasteiger partial charge in [0.2, 0.25) is 0 Å². The second-order valence-corrected chi connectivity index (χ2v) is 16.7. The third-order valence-corrected chi connectivity index (χ3v) is 15.3. The SMILES string of the molecule is C[C@H]1[C@H](C)CC[C@]2(C(=O)O)CC[C@]3(C)C(=CC[C@H]4[C@@]5(C)CC[C@H](O[C@@H]6OC[C@@H](O)[C@@H](O)[C@@H]6O)[C@](C)(CO)[C@@H]5CC[C@]43C)[C@H]12. The van der Waals surface area contributed by atoms with Crippen LogP contribution in [0.4, 0.5) is 0 Å². The van der Waals surface area contributed by atoms with Gasteiger partial charge >= 0.3 is 5.97 Å². The van der Waals surface area contributed by atoms with Gasteiger partial charge < -0.3 is 35.0 Å². The second-order valence-electron chi connectivity index (χ2n) is 16.7. The molecule has 0 aromatic rings. The van der Waals surface area contributed by atoms with Crippen LogP contribution >= 0.6 is 0 Å². The Morgan fingerprint density at radius 3 is 2.35 bits per heavy atom. The zero-order valence-electron chi connectivity index (χ0n) is 27.1. The van der Waals surface area contributed by atoms with Crippen LogP contribution in [0.1, 0.15) is 99.3 Å². The van der Waals surface area contributed by atoms with Crippen molar-refractivity contribution in [1.29, 1.82) is 0 Å². The van der Waals surface area contributed by atoms with Crippen LogP contribution in [0.15, 0.2) is 11.6 Å². The molecule has 1 heterocycles. The lowest BCUT2D eigenvalue weighted by atomic mass is 9.33. The standard InChI is InChI=1S/C35H56O8/c1-19-9-14-35(30(40)41)16-15-33(5)21(26(35)20(19)2)7-8-24-31(3)12-11-25(43-29-28(39)27(38)22(37)17-42-29)32(4,18-36)23(31)10-13-34(24,33)6/h7,19-20,22-29,36-39H,8-18H2,1-6H3,(H,40,41)/t19-,20+,22-,23-,24+,25+,26+,27-,28+,29+,31+,32-,33-,34-,35+/m1/s1. The lowest BCUT2D eigenvalue weighted by molar-refractivity contribution is -0.312. The zero-order chi connectivity index (χ0) is 31.3. The van der Waals surface area contributed by atoms with E-state index in [1.54, 1.807) is 0 Å². The van der Waals surface area contributed by atoms with Gasteiger partial charge in [0.15, 0.2) is 6.29 Å². The summed E-state index contributed by atoms with van der Waals surface area (Å²) in [6.07, 6.45) is 5.14. The highest BCUT2D eigenvalue weighted by Gasteiger charge is 2.70. The number of allylic oxidation sites excluding steroid dienone is 2. The molecule has 8 heteroatoms. The number of carbonyl (C=O) groups is 1. The molecule has 0 amide bonds. The van der Waals surface area contributed by atoms with E-state index in [2.05, 4.69) is 47.6 Å². The molecule has 0 spiro atoms. The minimum absolute atomic E-state index is 0.0143. The molecule has 0 aromatic carbocycles. The Balaban J connectivity index is 1.33. The Bertz CT molecular complexity index is 1140. The van der Waals surface area contributed by atoms with E-state index in [-0.39, 0.29) is 47.4 Å². The number of aliphatic hydroxyl groups excluding tert-OH is 4. The van der Waals surface area contributed by atoms with Gasteiger partial charge in [0, 0.05) is 5.41 Å². The van der Waals surface area contributed by atoms with Crippen molar-refractivity contribution in [2.24, 2.45) is 56.7 Å². The second kappa shape index (κ2) is 10.5. The number of hydrogen-bond acceptors (Lipinski definition) is 7. The Morgan fingerprint density at radius 1 is 0.953 bits per heavy atom. The van der Waals surface area contributed by atoms with Crippen LogP contribution in [0, 0.1) is 56.7 Å². The summed E-state index contributed by atoms with van der Waals surface area (Å²) in [5.41, 5.74) is 0.0965. The fraction of sp³-hybridized carbons (Fsp3) is 0.914. The van der Waals surface area contributed by atoms with E-state index in [1.165, 1.54) is 5.57 Å². The monoisotopic (exact) mass is 604 g/mol. The van der Waals surface area contributed by atoms with E-state index in [0.717, 1.165) is 51.4 Å². The Morgan fingerprint density at radius 2 is 1.67 bits per heavy atom. The molecule has 6 aliphatic rings. The largest absolute Gasteiger partial charge is 0.481 e. The molecule has 0 aromatic heterocycles. The quantitative estimate of drug-likeness (QED) is 0.233. The van der Waals surface area contributed by atoms with Crippen molar-refractivity contribution >= 4 is 5.97 Å². The van der Waals surface area contributed by atoms with E-state index >= 15 is 0 Å². The lowest BCUT2D eigenvalue weighted by Crippen LogP contribution is -2.67. The van der Waals surface area contributed by atoms with Crippen molar-refractivity contribution in [3.63, 3.8) is 0 Å². The fourth-order valence-corrected chi connectivity index (χ4v) is 12.1. The molecule has 1 saturated heterocycles. The zero-order valence-corrected chi connectivity index (χ0v) is 27.1. The number of aliphatic carboxylic acids is 1. The molecule has 0 bridgehead atoms. The highest BCUT2D eigenvalue weighted by atomic mass is 16.7. The van der Waals surface area contributed by atoms with Crippen molar-refractivity contribution in [3.8, 4) is 0 Å². The summed E-state index contributed by atoms with van der Waals surface area (Å²) in [5.74, 6) is 0.904. The smallest absolute Gasteiger partial charge is 0.310 e. The molecule has 6 rings (SSSR count). The molecule has 4 saturated carbocycles. The topological polar surface area (TPSA) is 137 Å². The average molecular weight is 605 g/mol. The minimum Gasteiger partial charge on any atom is -0.481 e. The van der Waals surface area contributed by atoms with Crippen molar-refractivity contribution in [1.82, 2.24) is 0 Å². The van der Waals surface area contributed by atoms with Crippen molar-refractivity contribution in [2.75, 3.05) is 13.2 Å². The fourth-order valence-electron chi connectivity index (χ4n) is 12.1. The molecule has 1 aliphatic heterocycles. The normalized spacial score (nSPS) is 56.6. The van der Waals surface area contributed by atoms with Crippen molar-refractivity contribution in [3.05, 3.63) is 11.6 Å². The Kier molecular flexibility index (Phi) is 7.79. The Hall–Kier alpha value is -1.03. The molecule has 15 atom stereocenters. The first-order valence-electron chi connectivity index (χ1n) is 17.0. The van der Waals surface area contributed by atoms with E-state index in [0.29, 0.717) is 24.2 Å². The third-order valence-electron chi connectivity index (χ3n) is 15.3. The molecule has 0 unspecified atom stereocenters. The van der Waals surface area contributed by atoms with Gasteiger partial charge in [-0.15, -0.1) is 0 Å². The lowest BCUT2D eigenvalue weighted by Gasteiger charge is -2.71. The highest BCUT2D eigenvalue weighted by molar-refractivity contribution is 5.76. The van der Waals surface area contributed by atoms with Crippen LogP contribution < -0.4 is 0 Å². The van der Waals surface area contributed by atoms with E-state index in [1.807, 2.05) is 0 Å². The van der Waals surface area contributed by atoms with Crippen LogP contribution in [-0.4, -0.2) is 75.4 Å². The predicted octanol–water partition coefficient (Wildman–Crippen LogP) is 4.53. The summed E-state index contributed by atoms with van der Waals surface area (Å²) in [6.45, 7) is 13.9. The highest BCUT2D eigenvalue weighted by Crippen LogP contribution is 2.76. The van der Waals surface area contributed by atoms with E-state index in [4.69, 9.17) is 9.47 Å². The molecular weight excluding hydrogens is 548 g/mol. The van der Waals surface area contributed by atoms with Crippen LogP contribution in [-0.2, 0) is 14.3 Å². The Labute approximate surface area is 257 Å². The molecule has 43 heavy (non-hydrogen) atoms. The summed E-state index contributed by atoms with van der Waals surface area (Å²) in [4.78, 5) is 13.0. The van der Waals surface area contributed by atoms with Gasteiger partial charge in [-0.3, -0.25) is 4.79 Å². The molecule has 8 nitrogen and oxygen atoms in total. The van der Waals surface area contributed by atoms with Gasteiger partial charge in [-0.25, -0.2) is 0 Å². The number of ether oxygens (including phenoxy) is 2. The van der Waals surface area contributed by atoms with Crippen LogP contribution in [0.3, 0.4) is 0 Å². The summed E-state index contributed by atoms with van der Waals surface area (Å²) >= 11 is 0. The third kappa shape index (κ3) is 4.18. The van der Waals surface area contributed by atoms with Crippen LogP contribution in [0.25, 0.3) is 0 Å². The minimum atomic E-state index is -1.36. The van der Waals surface area contributed by atoms with Gasteiger partial charge in [-0.2, -0.15) is 0 Å². The molecule has 244 valence electrons. The summed E-state index contributed by atoms with van der Waals surface area (Å²) in [5, 5.41) is 52.4. The average Bonchev–Trinajstić information content (AvgIpc) is 2.96. The first-order valence-corrected chi connectivity index (χ1v) is 17.0. The van der Waals surface area contributed by atoms with Crippen molar-refractivity contribution in [2.45, 2.75) is 130 Å². The maximum atomic E-state index is 13.0. The number of aliphatic hydroxyl groups is 4. The van der Waals surface area contributed by atoms with Gasteiger partial charge in [0.05, 0.1) is 24.7 Å². The van der Waals surface area contributed by atoms with Gasteiger partial charge in [0.25, 0.3) is 0 Å². The van der Waals surface area contributed by atoms with Crippen LogP contribution in [0.5, 0.6) is 0 Å². The number of carboxylic acids is 1. The number of hydrogen-bond donors (Lipinski definition) is 5. The van der Waals surface area contributed by atoms with Gasteiger partial charge in [0.1, 0.15) is 18.3 Å². The number of fused-ring (bicyclic) bond motifs is 7. The van der Waals surface area contributed by atoms with Gasteiger partial charge in [-0.1, -0.05) is 53.2 Å². The molecule has 5 aliphatic carbocycles. The number of rotatable bonds is 4. The summed E-state index contributed by atoms with van der Waals surface area (Å²) in [7, 11) is 0. The predicted molar refractivity (Wildman–Crippen MR) is 161 cm³/mol. The van der Waals surface area contributed by atoms with Crippen LogP contribution in [0.2, 0.25) is 0 Å². The van der Waals surface area contributed by atoms with E-state index < -0.39 is 41.4 Å². The summed E-state index contributed by atoms with van der Waals surface area (Å²) in [6, 6.07) is 0. The van der Waals surface area contributed by atoms with E-state index in [9.17, 15) is 30.3 Å².